The van der Waals surface area contributed by atoms with Crippen LogP contribution in [0.1, 0.15) is 25.0 Å². The minimum absolute atomic E-state index is 0.102. The number of benzene rings is 9. The maximum Gasteiger partial charge on any atom is 0.164 e. The molecule has 0 unspecified atom stereocenters. The molecule has 0 bridgehead atoms. The van der Waals surface area contributed by atoms with Gasteiger partial charge in [0.15, 0.2) is 17.5 Å². The zero-order chi connectivity index (χ0) is 43.2. The van der Waals surface area contributed by atoms with E-state index in [0.29, 0.717) is 17.5 Å². The molecule has 0 amide bonds. The van der Waals surface area contributed by atoms with Gasteiger partial charge in [-0.2, -0.15) is 0 Å². The van der Waals surface area contributed by atoms with Gasteiger partial charge in [-0.05, 0) is 86.5 Å². The Morgan fingerprint density at radius 3 is 1.58 bits per heavy atom. The summed E-state index contributed by atoms with van der Waals surface area (Å²) in [5.41, 5.74) is 17.8. The molecule has 0 N–H and O–H groups in total. The van der Waals surface area contributed by atoms with Crippen molar-refractivity contribution in [1.82, 2.24) is 15.0 Å². The van der Waals surface area contributed by atoms with Gasteiger partial charge in [-0.15, -0.1) is 0 Å². The molecule has 1 aliphatic carbocycles. The summed E-state index contributed by atoms with van der Waals surface area (Å²) in [6, 6.07) is 70.2. The maximum atomic E-state index is 6.91. The van der Waals surface area contributed by atoms with Gasteiger partial charge in [0, 0.05) is 49.2 Å². The van der Waals surface area contributed by atoms with Crippen LogP contribution in [0.15, 0.2) is 209 Å². The number of furan rings is 2. The molecule has 13 rings (SSSR count). The molecular weight excluding hydrogens is 795 g/mol. The molecule has 12 aromatic rings. The summed E-state index contributed by atoms with van der Waals surface area (Å²) in [4.78, 5) is 15.4. The lowest BCUT2D eigenvalue weighted by atomic mass is 9.82. The summed E-state index contributed by atoms with van der Waals surface area (Å²) in [6.45, 7) is 4.64. The zero-order valence-corrected chi connectivity index (χ0v) is 35.7. The summed E-state index contributed by atoms with van der Waals surface area (Å²) in [5.74, 6) is 1.68. The highest BCUT2D eigenvalue weighted by Crippen LogP contribution is 2.53. The molecule has 1 aliphatic rings. The summed E-state index contributed by atoms with van der Waals surface area (Å²) < 4.78 is 13.2. The summed E-state index contributed by atoms with van der Waals surface area (Å²) in [5, 5.41) is 4.23. The standard InChI is InChI=1S/C60H39N3O2/c1-60(2)50-22-8-6-18-49(50)55-46(19-12-23-51(55)60)48-21-11-20-47-45-32-30-42(35-54(45)65-56(47)48)59-62-57(61-58(63-59)41-29-31-44-43-17-7-9-24-52(43)64-53(44)34-41)38-27-25-37(26-28-38)40-16-10-15-39(33-40)36-13-4-3-5-14-36/h3-35H,1-2H3. The Morgan fingerprint density at radius 2 is 0.815 bits per heavy atom. The van der Waals surface area contributed by atoms with Crippen LogP contribution in [0.5, 0.6) is 0 Å². The SMILES string of the molecule is CC1(C)c2ccccc2-c2c(-c3cccc4c3oc3cc(-c5nc(-c6ccc(-c7cccc(-c8ccccc8)c7)cc6)nc(-c6ccc7c(c6)oc6ccccc67)n5)ccc34)cccc21. The number of aromatic nitrogens is 3. The van der Waals surface area contributed by atoms with Crippen molar-refractivity contribution >= 4 is 43.9 Å². The molecule has 0 radical (unpaired) electrons. The Kier molecular flexibility index (Phi) is 8.18. The smallest absolute Gasteiger partial charge is 0.164 e. The summed E-state index contributed by atoms with van der Waals surface area (Å²) >= 11 is 0. The van der Waals surface area contributed by atoms with Crippen LogP contribution in [-0.4, -0.2) is 15.0 Å². The largest absolute Gasteiger partial charge is 0.456 e. The predicted octanol–water partition coefficient (Wildman–Crippen LogP) is 16.0. The molecule has 5 nitrogen and oxygen atoms in total. The highest BCUT2D eigenvalue weighted by molar-refractivity contribution is 6.12. The molecule has 306 valence electrons. The first-order valence-electron chi connectivity index (χ1n) is 22.1. The average Bonchev–Trinajstić information content (AvgIpc) is 4.01. The van der Waals surface area contributed by atoms with Crippen molar-refractivity contribution < 1.29 is 8.83 Å². The van der Waals surface area contributed by atoms with Gasteiger partial charge in [0.05, 0.1) is 0 Å². The van der Waals surface area contributed by atoms with Gasteiger partial charge in [0.1, 0.15) is 22.3 Å². The fraction of sp³-hybridized carbons (Fsp3) is 0.0500. The number of fused-ring (bicyclic) bond motifs is 9. The van der Waals surface area contributed by atoms with Crippen molar-refractivity contribution in [1.29, 1.82) is 0 Å². The third kappa shape index (κ3) is 5.97. The van der Waals surface area contributed by atoms with E-state index in [1.165, 1.54) is 38.9 Å². The maximum absolute atomic E-state index is 6.91. The van der Waals surface area contributed by atoms with Crippen LogP contribution in [-0.2, 0) is 5.41 Å². The molecule has 9 aromatic carbocycles. The molecule has 3 heterocycles. The number of nitrogens with zero attached hydrogens (tertiary/aromatic N) is 3. The minimum Gasteiger partial charge on any atom is -0.456 e. The Morgan fingerprint density at radius 1 is 0.323 bits per heavy atom. The average molecular weight is 834 g/mol. The van der Waals surface area contributed by atoms with E-state index in [0.717, 1.165) is 77.3 Å². The summed E-state index contributed by atoms with van der Waals surface area (Å²) in [7, 11) is 0. The van der Waals surface area contributed by atoms with Gasteiger partial charge < -0.3 is 8.83 Å². The monoisotopic (exact) mass is 833 g/mol. The molecule has 65 heavy (non-hydrogen) atoms. The second kappa shape index (κ2) is 14.3. The van der Waals surface area contributed by atoms with E-state index in [1.807, 2.05) is 30.3 Å². The third-order valence-corrected chi connectivity index (χ3v) is 13.4. The Bertz CT molecular complexity index is 3860. The van der Waals surface area contributed by atoms with Crippen LogP contribution in [0, 0.1) is 0 Å². The normalized spacial score (nSPS) is 12.9. The molecular formula is C60H39N3O2. The molecule has 3 aromatic heterocycles. The first-order valence-corrected chi connectivity index (χ1v) is 22.1. The van der Waals surface area contributed by atoms with Crippen molar-refractivity contribution in [2.24, 2.45) is 0 Å². The van der Waals surface area contributed by atoms with E-state index in [2.05, 4.69) is 184 Å². The second-order valence-corrected chi connectivity index (χ2v) is 17.5. The molecule has 0 spiro atoms. The summed E-state index contributed by atoms with van der Waals surface area (Å²) in [6.07, 6.45) is 0. The number of hydrogen-bond donors (Lipinski definition) is 0. The fourth-order valence-corrected chi connectivity index (χ4v) is 10.1. The van der Waals surface area contributed by atoms with Gasteiger partial charge in [0.2, 0.25) is 0 Å². The van der Waals surface area contributed by atoms with Gasteiger partial charge in [-0.25, -0.2) is 15.0 Å². The fourth-order valence-electron chi connectivity index (χ4n) is 10.1. The van der Waals surface area contributed by atoms with E-state index in [9.17, 15) is 0 Å². The van der Waals surface area contributed by atoms with Crippen molar-refractivity contribution in [3.63, 3.8) is 0 Å². The quantitative estimate of drug-likeness (QED) is 0.167. The van der Waals surface area contributed by atoms with Gasteiger partial charge in [-0.1, -0.05) is 178 Å². The van der Waals surface area contributed by atoms with Crippen molar-refractivity contribution in [2.75, 3.05) is 0 Å². The van der Waals surface area contributed by atoms with Gasteiger partial charge >= 0.3 is 0 Å². The highest BCUT2D eigenvalue weighted by atomic mass is 16.3. The number of hydrogen-bond acceptors (Lipinski definition) is 5. The van der Waals surface area contributed by atoms with E-state index in [-0.39, 0.29) is 5.41 Å². The minimum atomic E-state index is -0.102. The van der Waals surface area contributed by atoms with Crippen LogP contribution in [0.4, 0.5) is 0 Å². The molecule has 0 fully saturated rings. The Balaban J connectivity index is 0.935. The van der Waals surface area contributed by atoms with Crippen molar-refractivity contribution in [2.45, 2.75) is 19.3 Å². The molecule has 0 saturated carbocycles. The first-order chi connectivity index (χ1) is 31.9. The second-order valence-electron chi connectivity index (χ2n) is 17.5. The van der Waals surface area contributed by atoms with Crippen LogP contribution < -0.4 is 0 Å². The number of para-hydroxylation sites is 2. The lowest BCUT2D eigenvalue weighted by molar-refractivity contribution is 0.660. The lowest BCUT2D eigenvalue weighted by Crippen LogP contribution is -2.14. The molecule has 0 saturated heterocycles. The molecule has 0 atom stereocenters. The van der Waals surface area contributed by atoms with Crippen LogP contribution in [0.25, 0.3) is 123 Å². The van der Waals surface area contributed by atoms with Gasteiger partial charge in [0.25, 0.3) is 0 Å². The topological polar surface area (TPSA) is 65.0 Å². The highest BCUT2D eigenvalue weighted by Gasteiger charge is 2.37. The Labute approximate surface area is 375 Å². The van der Waals surface area contributed by atoms with Crippen LogP contribution in [0.3, 0.4) is 0 Å². The third-order valence-electron chi connectivity index (χ3n) is 13.4. The Hall–Kier alpha value is -8.41. The number of rotatable bonds is 6. The van der Waals surface area contributed by atoms with Crippen molar-refractivity contribution in [3.8, 4) is 78.7 Å². The van der Waals surface area contributed by atoms with E-state index < -0.39 is 0 Å². The van der Waals surface area contributed by atoms with Crippen molar-refractivity contribution in [3.05, 3.63) is 211 Å². The zero-order valence-electron chi connectivity index (χ0n) is 35.7. The molecule has 0 aliphatic heterocycles. The lowest BCUT2D eigenvalue weighted by Gasteiger charge is -2.21. The van der Waals surface area contributed by atoms with Crippen LogP contribution >= 0.6 is 0 Å². The van der Waals surface area contributed by atoms with E-state index in [4.69, 9.17) is 23.8 Å². The first kappa shape index (κ1) is 37.2. The van der Waals surface area contributed by atoms with Crippen LogP contribution in [0.2, 0.25) is 0 Å². The van der Waals surface area contributed by atoms with E-state index >= 15 is 0 Å². The van der Waals surface area contributed by atoms with Gasteiger partial charge in [-0.3, -0.25) is 0 Å². The molecule has 5 heteroatoms. The van der Waals surface area contributed by atoms with E-state index in [1.54, 1.807) is 0 Å². The predicted molar refractivity (Wildman–Crippen MR) is 265 cm³/mol.